The Hall–Kier alpha value is -0.610. The molecule has 4 heteroatoms. The van der Waals surface area contributed by atoms with E-state index in [1.807, 2.05) is 6.92 Å². The zero-order valence-electron chi connectivity index (χ0n) is 6.64. The van der Waals surface area contributed by atoms with Crippen molar-refractivity contribution < 1.29 is 14.3 Å². The van der Waals surface area contributed by atoms with E-state index in [4.69, 9.17) is 9.47 Å². The average Bonchev–Trinajstić information content (AvgIpc) is 2.20. The van der Waals surface area contributed by atoms with Gasteiger partial charge in [0.1, 0.15) is 6.61 Å². The van der Waals surface area contributed by atoms with Crippen molar-refractivity contribution in [2.75, 3.05) is 13.2 Å². The summed E-state index contributed by atoms with van der Waals surface area (Å²) in [6.07, 6.45) is 0. The van der Waals surface area contributed by atoms with E-state index >= 15 is 0 Å². The molecule has 0 spiro atoms. The van der Waals surface area contributed by atoms with Crippen molar-refractivity contribution >= 4 is 5.97 Å². The fourth-order valence-corrected chi connectivity index (χ4v) is 1.50. The van der Waals surface area contributed by atoms with Crippen LogP contribution in [0, 0.1) is 0 Å². The van der Waals surface area contributed by atoms with Crippen molar-refractivity contribution in [3.05, 3.63) is 0 Å². The van der Waals surface area contributed by atoms with E-state index in [9.17, 15) is 4.79 Å². The smallest absolute Gasteiger partial charge is 0.353 e. The summed E-state index contributed by atoms with van der Waals surface area (Å²) in [5.74, 6) is -0.313. The number of carbonyl (C=O) groups is 1. The van der Waals surface area contributed by atoms with Crippen LogP contribution < -0.4 is 5.32 Å². The maximum Gasteiger partial charge on any atom is 0.353 e. The highest BCUT2D eigenvalue weighted by atomic mass is 16.6. The Morgan fingerprint density at radius 1 is 1.45 bits per heavy atom. The standard InChI is InChI=1S/C7H11NO3/c1-6-3-10-5(9)7(2,8-6)11-4-6/h8H,3-4H2,1-2H3/t6-,7+/m1/s1. The Labute approximate surface area is 64.9 Å². The first-order valence-electron chi connectivity index (χ1n) is 3.65. The highest BCUT2D eigenvalue weighted by molar-refractivity contribution is 5.80. The molecule has 4 nitrogen and oxygen atoms in total. The fraction of sp³-hybridized carbons (Fsp3) is 0.857. The molecule has 2 saturated heterocycles. The molecule has 1 N–H and O–H groups in total. The van der Waals surface area contributed by atoms with Crippen molar-refractivity contribution in [2.45, 2.75) is 25.1 Å². The number of fused-ring (bicyclic) bond motifs is 2. The number of rotatable bonds is 0. The predicted octanol–water partition coefficient (Wildman–Crippen LogP) is -0.362. The number of esters is 1. The molecule has 2 atom stereocenters. The summed E-state index contributed by atoms with van der Waals surface area (Å²) in [6, 6.07) is 0. The molecule has 62 valence electrons. The molecule has 0 amide bonds. The summed E-state index contributed by atoms with van der Waals surface area (Å²) in [4.78, 5) is 11.1. The second-order valence-corrected chi connectivity index (χ2v) is 3.58. The van der Waals surface area contributed by atoms with Gasteiger partial charge in [0.15, 0.2) is 0 Å². The van der Waals surface area contributed by atoms with Gasteiger partial charge >= 0.3 is 5.97 Å². The first-order valence-corrected chi connectivity index (χ1v) is 3.65. The SMILES string of the molecule is C[C@]12COC(=O)[C@@](C)(N1)OC2. The first-order chi connectivity index (χ1) is 5.04. The molecule has 2 bridgehead atoms. The molecule has 2 aliphatic rings. The Morgan fingerprint density at radius 2 is 2.18 bits per heavy atom. The summed E-state index contributed by atoms with van der Waals surface area (Å²) in [5, 5.41) is 3.10. The van der Waals surface area contributed by atoms with Crippen LogP contribution in [0.5, 0.6) is 0 Å². The molecule has 2 fully saturated rings. The van der Waals surface area contributed by atoms with Gasteiger partial charge in [-0.2, -0.15) is 0 Å². The molecule has 0 aromatic carbocycles. The molecule has 2 aliphatic heterocycles. The summed E-state index contributed by atoms with van der Waals surface area (Å²) < 4.78 is 10.2. The van der Waals surface area contributed by atoms with Crippen molar-refractivity contribution in [1.82, 2.24) is 5.32 Å². The highest BCUT2D eigenvalue weighted by Crippen LogP contribution is 2.29. The first kappa shape index (κ1) is 7.06. The van der Waals surface area contributed by atoms with Gasteiger partial charge in [-0.1, -0.05) is 0 Å². The minimum absolute atomic E-state index is 0.178. The lowest BCUT2D eigenvalue weighted by Crippen LogP contribution is -2.60. The fourth-order valence-electron chi connectivity index (χ4n) is 1.50. The van der Waals surface area contributed by atoms with Crippen LogP contribution in [0.1, 0.15) is 13.8 Å². The molecule has 0 saturated carbocycles. The van der Waals surface area contributed by atoms with Gasteiger partial charge in [-0.25, -0.2) is 4.79 Å². The van der Waals surface area contributed by atoms with Gasteiger partial charge in [0.25, 0.3) is 0 Å². The summed E-state index contributed by atoms with van der Waals surface area (Å²) >= 11 is 0. The lowest BCUT2D eigenvalue weighted by Gasteiger charge is -2.32. The molecule has 0 aromatic rings. The Balaban J connectivity index is 2.30. The molecular formula is C7H11NO3. The second-order valence-electron chi connectivity index (χ2n) is 3.58. The Morgan fingerprint density at radius 3 is 2.82 bits per heavy atom. The van der Waals surface area contributed by atoms with Crippen LogP contribution in [-0.2, 0) is 14.3 Å². The van der Waals surface area contributed by atoms with Gasteiger partial charge in [0.2, 0.25) is 5.72 Å². The number of cyclic esters (lactones) is 1. The largest absolute Gasteiger partial charge is 0.460 e. The summed E-state index contributed by atoms with van der Waals surface area (Å²) in [5.41, 5.74) is -1.07. The summed E-state index contributed by atoms with van der Waals surface area (Å²) in [6.45, 7) is 4.61. The number of hydrogen-bond donors (Lipinski definition) is 1. The van der Waals surface area contributed by atoms with Crippen molar-refractivity contribution in [3.8, 4) is 0 Å². The van der Waals surface area contributed by atoms with Gasteiger partial charge < -0.3 is 9.47 Å². The minimum Gasteiger partial charge on any atom is -0.460 e. The van der Waals surface area contributed by atoms with Crippen LogP contribution >= 0.6 is 0 Å². The van der Waals surface area contributed by atoms with E-state index in [-0.39, 0.29) is 11.5 Å². The molecule has 0 aromatic heterocycles. The third-order valence-electron chi connectivity index (χ3n) is 2.13. The van der Waals surface area contributed by atoms with Crippen LogP contribution in [0.15, 0.2) is 0 Å². The van der Waals surface area contributed by atoms with E-state index in [2.05, 4.69) is 5.32 Å². The third-order valence-corrected chi connectivity index (χ3v) is 2.13. The molecule has 11 heavy (non-hydrogen) atoms. The van der Waals surface area contributed by atoms with Gasteiger partial charge in [0.05, 0.1) is 12.1 Å². The van der Waals surface area contributed by atoms with E-state index in [0.29, 0.717) is 13.2 Å². The van der Waals surface area contributed by atoms with Crippen LogP contribution in [0.2, 0.25) is 0 Å². The van der Waals surface area contributed by atoms with Crippen molar-refractivity contribution in [3.63, 3.8) is 0 Å². The van der Waals surface area contributed by atoms with E-state index in [0.717, 1.165) is 0 Å². The quantitative estimate of drug-likeness (QED) is 0.488. The third kappa shape index (κ3) is 0.862. The van der Waals surface area contributed by atoms with Crippen molar-refractivity contribution in [2.24, 2.45) is 0 Å². The Bertz CT molecular complexity index is 218. The second kappa shape index (κ2) is 1.76. The topological polar surface area (TPSA) is 47.6 Å². The summed E-state index contributed by atoms with van der Waals surface area (Å²) in [7, 11) is 0. The molecule has 0 unspecified atom stereocenters. The van der Waals surface area contributed by atoms with E-state index in [1.165, 1.54) is 0 Å². The molecule has 2 rings (SSSR count). The zero-order valence-corrected chi connectivity index (χ0v) is 6.64. The maximum atomic E-state index is 11.1. The Kier molecular flexibility index (Phi) is 1.13. The van der Waals surface area contributed by atoms with Crippen LogP contribution in [-0.4, -0.2) is 30.4 Å². The van der Waals surface area contributed by atoms with E-state index < -0.39 is 5.72 Å². The van der Waals surface area contributed by atoms with Crippen LogP contribution in [0.25, 0.3) is 0 Å². The predicted molar refractivity (Wildman–Crippen MR) is 36.9 cm³/mol. The number of carbonyl (C=O) groups excluding carboxylic acids is 1. The highest BCUT2D eigenvalue weighted by Gasteiger charge is 2.53. The maximum absolute atomic E-state index is 11.1. The monoisotopic (exact) mass is 157 g/mol. The van der Waals surface area contributed by atoms with Gasteiger partial charge in [-0.3, -0.25) is 5.32 Å². The van der Waals surface area contributed by atoms with Gasteiger partial charge in [-0.05, 0) is 13.8 Å². The number of ether oxygens (including phenoxy) is 2. The van der Waals surface area contributed by atoms with Crippen LogP contribution in [0.3, 0.4) is 0 Å². The lowest BCUT2D eigenvalue weighted by molar-refractivity contribution is -0.170. The van der Waals surface area contributed by atoms with Crippen LogP contribution in [0.4, 0.5) is 0 Å². The molecule has 0 aliphatic carbocycles. The average molecular weight is 157 g/mol. The zero-order chi connectivity index (χ0) is 8.11. The van der Waals surface area contributed by atoms with Gasteiger partial charge in [0, 0.05) is 0 Å². The van der Waals surface area contributed by atoms with Gasteiger partial charge in [-0.15, -0.1) is 0 Å². The number of nitrogens with one attached hydrogen (secondary N) is 1. The van der Waals surface area contributed by atoms with E-state index in [1.54, 1.807) is 6.92 Å². The normalized spacial score (nSPS) is 49.1. The molecular weight excluding hydrogens is 146 g/mol. The van der Waals surface area contributed by atoms with Crippen molar-refractivity contribution in [1.29, 1.82) is 0 Å². The minimum atomic E-state index is -0.896. The molecule has 0 radical (unpaired) electrons. The number of morpholine rings is 1. The molecule has 2 heterocycles. The number of hydrogen-bond acceptors (Lipinski definition) is 4. The lowest BCUT2D eigenvalue weighted by atomic mass is 10.0.